The van der Waals surface area contributed by atoms with Crippen LogP contribution >= 0.6 is 0 Å². The standard InChI is InChI=1S/C15H18N2O2/c1-10(2)13-9-17(11(3)14(13)15(18)19)8-12-4-6-16-7-5-12/h4-7,9-10H,8H2,1-3H3,(H,18,19). The highest BCUT2D eigenvalue weighted by molar-refractivity contribution is 5.91. The van der Waals surface area contributed by atoms with E-state index < -0.39 is 5.97 Å². The highest BCUT2D eigenvalue weighted by Crippen LogP contribution is 2.25. The van der Waals surface area contributed by atoms with Crippen LogP contribution in [0.2, 0.25) is 0 Å². The maximum Gasteiger partial charge on any atom is 0.337 e. The lowest BCUT2D eigenvalue weighted by Crippen LogP contribution is -2.05. The molecule has 2 aromatic heterocycles. The van der Waals surface area contributed by atoms with E-state index in [0.29, 0.717) is 12.1 Å². The molecule has 0 radical (unpaired) electrons. The van der Waals surface area contributed by atoms with Crippen molar-refractivity contribution < 1.29 is 9.90 Å². The van der Waals surface area contributed by atoms with Gasteiger partial charge >= 0.3 is 5.97 Å². The van der Waals surface area contributed by atoms with Gasteiger partial charge in [0.15, 0.2) is 0 Å². The summed E-state index contributed by atoms with van der Waals surface area (Å²) in [7, 11) is 0. The maximum absolute atomic E-state index is 11.4. The second-order valence-corrected chi connectivity index (χ2v) is 4.99. The molecule has 19 heavy (non-hydrogen) atoms. The minimum Gasteiger partial charge on any atom is -0.478 e. The van der Waals surface area contributed by atoms with Gasteiger partial charge in [-0.25, -0.2) is 4.79 Å². The zero-order valence-corrected chi connectivity index (χ0v) is 11.4. The Morgan fingerprint density at radius 2 is 2.00 bits per heavy atom. The van der Waals surface area contributed by atoms with Crippen LogP contribution in [0.3, 0.4) is 0 Å². The molecule has 0 amide bonds. The van der Waals surface area contributed by atoms with Crippen LogP contribution in [0.5, 0.6) is 0 Å². The van der Waals surface area contributed by atoms with E-state index in [-0.39, 0.29) is 5.92 Å². The molecule has 2 aromatic rings. The smallest absolute Gasteiger partial charge is 0.337 e. The lowest BCUT2D eigenvalue weighted by molar-refractivity contribution is 0.0694. The van der Waals surface area contributed by atoms with E-state index in [1.54, 1.807) is 12.4 Å². The topological polar surface area (TPSA) is 55.1 Å². The molecule has 0 saturated heterocycles. The number of hydrogen-bond donors (Lipinski definition) is 1. The molecule has 0 aliphatic heterocycles. The molecule has 0 aliphatic carbocycles. The van der Waals surface area contributed by atoms with Crippen molar-refractivity contribution in [3.05, 3.63) is 53.1 Å². The Labute approximate surface area is 112 Å². The van der Waals surface area contributed by atoms with E-state index in [4.69, 9.17) is 0 Å². The Hall–Kier alpha value is -2.10. The van der Waals surface area contributed by atoms with Gasteiger partial charge in [-0.1, -0.05) is 13.8 Å². The van der Waals surface area contributed by atoms with Crippen molar-refractivity contribution in [2.24, 2.45) is 0 Å². The van der Waals surface area contributed by atoms with Crippen molar-refractivity contribution in [2.45, 2.75) is 33.2 Å². The van der Waals surface area contributed by atoms with E-state index in [0.717, 1.165) is 16.8 Å². The molecular formula is C15H18N2O2. The lowest BCUT2D eigenvalue weighted by Gasteiger charge is -2.06. The van der Waals surface area contributed by atoms with Gasteiger partial charge in [-0.15, -0.1) is 0 Å². The van der Waals surface area contributed by atoms with E-state index in [2.05, 4.69) is 4.98 Å². The normalized spacial score (nSPS) is 10.9. The molecule has 2 rings (SSSR count). The molecule has 2 heterocycles. The third kappa shape index (κ3) is 2.67. The number of carboxylic acid groups (broad SMARTS) is 1. The van der Waals surface area contributed by atoms with E-state index in [1.807, 2.05) is 43.7 Å². The average Bonchev–Trinajstić information content (AvgIpc) is 2.68. The van der Waals surface area contributed by atoms with Crippen molar-refractivity contribution >= 4 is 5.97 Å². The summed E-state index contributed by atoms with van der Waals surface area (Å²) >= 11 is 0. The lowest BCUT2D eigenvalue weighted by atomic mass is 10.0. The van der Waals surface area contributed by atoms with Crippen LogP contribution in [-0.4, -0.2) is 20.6 Å². The second-order valence-electron chi connectivity index (χ2n) is 4.99. The Balaban J connectivity index is 2.42. The maximum atomic E-state index is 11.4. The number of rotatable bonds is 4. The number of aromatic carboxylic acids is 1. The highest BCUT2D eigenvalue weighted by atomic mass is 16.4. The Morgan fingerprint density at radius 1 is 1.37 bits per heavy atom. The molecule has 0 aromatic carbocycles. The molecule has 0 aliphatic rings. The first kappa shape index (κ1) is 13.3. The van der Waals surface area contributed by atoms with E-state index in [1.165, 1.54) is 0 Å². The number of pyridine rings is 1. The second kappa shape index (κ2) is 5.26. The molecule has 0 unspecified atom stereocenters. The SMILES string of the molecule is Cc1c(C(=O)O)c(C(C)C)cn1Cc1ccncc1. The van der Waals surface area contributed by atoms with Gasteiger partial charge < -0.3 is 9.67 Å². The van der Waals surface area contributed by atoms with Gasteiger partial charge in [-0.2, -0.15) is 0 Å². The fraction of sp³-hybridized carbons (Fsp3) is 0.333. The summed E-state index contributed by atoms with van der Waals surface area (Å²) in [5.41, 5.74) is 3.23. The van der Waals surface area contributed by atoms with Gasteiger partial charge in [0.25, 0.3) is 0 Å². The average molecular weight is 258 g/mol. The molecule has 0 fully saturated rings. The summed E-state index contributed by atoms with van der Waals surface area (Å²) in [6, 6.07) is 3.88. The summed E-state index contributed by atoms with van der Waals surface area (Å²) in [4.78, 5) is 15.4. The van der Waals surface area contributed by atoms with Crippen molar-refractivity contribution in [3.63, 3.8) is 0 Å². The fourth-order valence-corrected chi connectivity index (χ4v) is 2.25. The van der Waals surface area contributed by atoms with Gasteiger partial charge in [0.05, 0.1) is 5.56 Å². The van der Waals surface area contributed by atoms with E-state index >= 15 is 0 Å². The van der Waals surface area contributed by atoms with Gasteiger partial charge in [-0.3, -0.25) is 4.98 Å². The van der Waals surface area contributed by atoms with Crippen molar-refractivity contribution in [2.75, 3.05) is 0 Å². The molecule has 0 spiro atoms. The highest BCUT2D eigenvalue weighted by Gasteiger charge is 2.20. The van der Waals surface area contributed by atoms with Crippen LogP contribution in [0.15, 0.2) is 30.7 Å². The van der Waals surface area contributed by atoms with Crippen molar-refractivity contribution in [1.29, 1.82) is 0 Å². The third-order valence-electron chi connectivity index (χ3n) is 3.31. The zero-order chi connectivity index (χ0) is 14.0. The zero-order valence-electron chi connectivity index (χ0n) is 11.4. The molecule has 0 bridgehead atoms. The monoisotopic (exact) mass is 258 g/mol. The molecule has 100 valence electrons. The summed E-state index contributed by atoms with van der Waals surface area (Å²) in [6.45, 7) is 6.55. The summed E-state index contributed by atoms with van der Waals surface area (Å²) in [5, 5.41) is 9.35. The van der Waals surface area contributed by atoms with Gasteiger partial charge in [0, 0.05) is 30.8 Å². The predicted octanol–water partition coefficient (Wildman–Crippen LogP) is 3.06. The minimum atomic E-state index is -0.852. The quantitative estimate of drug-likeness (QED) is 0.917. The minimum absolute atomic E-state index is 0.198. The Morgan fingerprint density at radius 3 is 2.47 bits per heavy atom. The number of nitrogens with zero attached hydrogens (tertiary/aromatic N) is 2. The van der Waals surface area contributed by atoms with Gasteiger partial charge in [0.2, 0.25) is 0 Å². The molecule has 4 nitrogen and oxygen atoms in total. The van der Waals surface area contributed by atoms with Crippen LogP contribution < -0.4 is 0 Å². The first-order valence-electron chi connectivity index (χ1n) is 6.32. The van der Waals surface area contributed by atoms with Crippen LogP contribution in [0.1, 0.15) is 46.9 Å². The fourth-order valence-electron chi connectivity index (χ4n) is 2.25. The summed E-state index contributed by atoms with van der Waals surface area (Å²) in [5.74, 6) is -0.654. The molecule has 0 saturated carbocycles. The first-order valence-corrected chi connectivity index (χ1v) is 6.32. The van der Waals surface area contributed by atoms with Crippen LogP contribution in [0.25, 0.3) is 0 Å². The first-order chi connectivity index (χ1) is 9.00. The Kier molecular flexibility index (Phi) is 3.69. The van der Waals surface area contributed by atoms with Crippen molar-refractivity contribution in [3.8, 4) is 0 Å². The summed E-state index contributed by atoms with van der Waals surface area (Å²) < 4.78 is 1.99. The molecule has 4 heteroatoms. The number of carbonyl (C=O) groups is 1. The Bertz CT molecular complexity index is 586. The van der Waals surface area contributed by atoms with Gasteiger partial charge in [-0.05, 0) is 36.1 Å². The van der Waals surface area contributed by atoms with E-state index in [9.17, 15) is 9.90 Å². The van der Waals surface area contributed by atoms with Crippen LogP contribution in [0, 0.1) is 6.92 Å². The molecule has 1 N–H and O–H groups in total. The van der Waals surface area contributed by atoms with Crippen LogP contribution in [0.4, 0.5) is 0 Å². The summed E-state index contributed by atoms with van der Waals surface area (Å²) in [6.07, 6.45) is 5.44. The predicted molar refractivity (Wildman–Crippen MR) is 73.6 cm³/mol. The van der Waals surface area contributed by atoms with Crippen LogP contribution in [-0.2, 0) is 6.54 Å². The number of carboxylic acids is 1. The number of aromatic nitrogens is 2. The molecular weight excluding hydrogens is 240 g/mol. The molecule has 0 atom stereocenters. The third-order valence-corrected chi connectivity index (χ3v) is 3.31. The largest absolute Gasteiger partial charge is 0.478 e. The van der Waals surface area contributed by atoms with Crippen molar-refractivity contribution in [1.82, 2.24) is 9.55 Å². The van der Waals surface area contributed by atoms with Gasteiger partial charge in [0.1, 0.15) is 0 Å². The number of hydrogen-bond acceptors (Lipinski definition) is 2.